The molecule has 0 radical (unpaired) electrons. The lowest BCUT2D eigenvalue weighted by molar-refractivity contribution is -0.129. The van der Waals surface area contributed by atoms with Gasteiger partial charge in [0.2, 0.25) is 5.91 Å². The van der Waals surface area contributed by atoms with E-state index in [0.717, 1.165) is 5.56 Å². The smallest absolute Gasteiger partial charge is 0.220 e. The largest absolute Gasteiger partial charge is 0.334 e. The van der Waals surface area contributed by atoms with E-state index >= 15 is 0 Å². The maximum atomic E-state index is 13.2. The van der Waals surface area contributed by atoms with Crippen molar-refractivity contribution in [3.8, 4) is 0 Å². The Bertz CT molecular complexity index is 363. The molecule has 96 valence electrons. The van der Waals surface area contributed by atoms with Crippen molar-refractivity contribution >= 4 is 5.91 Å². The van der Waals surface area contributed by atoms with Gasteiger partial charge in [0.1, 0.15) is 5.82 Å². The number of benzene rings is 1. The van der Waals surface area contributed by atoms with Crippen LogP contribution in [0.1, 0.15) is 45.7 Å². The van der Waals surface area contributed by atoms with Gasteiger partial charge in [0.05, 0.1) is 0 Å². The summed E-state index contributed by atoms with van der Waals surface area (Å²) in [6.45, 7) is 10.5. The Morgan fingerprint density at radius 3 is 2.24 bits per heavy atom. The fourth-order valence-electron chi connectivity index (χ4n) is 1.60. The van der Waals surface area contributed by atoms with Gasteiger partial charge in [-0.1, -0.05) is 39.8 Å². The molecule has 2 nitrogen and oxygen atoms in total. The zero-order valence-electron chi connectivity index (χ0n) is 11.4. The molecule has 0 N–H and O–H groups in total. The molecule has 0 saturated heterocycles. The number of rotatable bonds is 0. The molecule has 1 aliphatic rings. The van der Waals surface area contributed by atoms with Crippen LogP contribution < -0.4 is 0 Å². The van der Waals surface area contributed by atoms with Crippen molar-refractivity contribution in [2.75, 3.05) is 0 Å². The van der Waals surface area contributed by atoms with E-state index in [-0.39, 0.29) is 11.7 Å². The maximum Gasteiger partial charge on any atom is 0.220 e. The van der Waals surface area contributed by atoms with Crippen molar-refractivity contribution < 1.29 is 9.18 Å². The molecule has 0 bridgehead atoms. The molecular weight excluding hydrogens is 217 g/mol. The van der Waals surface area contributed by atoms with Crippen LogP contribution in [-0.4, -0.2) is 10.8 Å². The molecule has 0 saturated carbocycles. The quantitative estimate of drug-likeness (QED) is 0.675. The first kappa shape index (κ1) is 15.6. The van der Waals surface area contributed by atoms with E-state index in [1.807, 2.05) is 33.8 Å². The number of hydrogen-bond acceptors (Lipinski definition) is 1. The second-order valence-corrected chi connectivity index (χ2v) is 3.25. The lowest BCUT2D eigenvalue weighted by atomic mass is 10.1. The van der Waals surface area contributed by atoms with Crippen LogP contribution in [0.15, 0.2) is 18.2 Å². The monoisotopic (exact) mass is 239 g/mol. The van der Waals surface area contributed by atoms with Crippen LogP contribution >= 0.6 is 0 Å². The molecule has 0 fully saturated rings. The fraction of sp³-hybridized carbons (Fsp3) is 0.500. The van der Waals surface area contributed by atoms with Crippen LogP contribution in [0.25, 0.3) is 0 Å². The Morgan fingerprint density at radius 1 is 1.18 bits per heavy atom. The van der Waals surface area contributed by atoms with Gasteiger partial charge >= 0.3 is 0 Å². The summed E-state index contributed by atoms with van der Waals surface area (Å²) < 4.78 is 13.2. The molecule has 0 aliphatic carbocycles. The molecule has 0 atom stereocenters. The number of amides is 1. The molecule has 1 aromatic carbocycles. The minimum Gasteiger partial charge on any atom is -0.334 e. The average Bonchev–Trinajstić information content (AvgIpc) is 2.80. The van der Waals surface area contributed by atoms with Gasteiger partial charge < -0.3 is 4.90 Å². The summed E-state index contributed by atoms with van der Waals surface area (Å²) in [4.78, 5) is 12.7. The van der Waals surface area contributed by atoms with Gasteiger partial charge in [-0.15, -0.1) is 0 Å². The van der Waals surface area contributed by atoms with Crippen molar-refractivity contribution in [3.63, 3.8) is 0 Å². The first-order chi connectivity index (χ1) is 8.18. The molecule has 1 heterocycles. The lowest BCUT2D eigenvalue weighted by Crippen LogP contribution is -2.21. The molecule has 0 spiro atoms. The van der Waals surface area contributed by atoms with Crippen molar-refractivity contribution in [1.29, 1.82) is 0 Å². The Labute approximate surface area is 103 Å². The number of nitrogens with zero attached hydrogens (tertiary/aromatic N) is 1. The third-order valence-corrected chi connectivity index (χ3v) is 2.37. The van der Waals surface area contributed by atoms with Gasteiger partial charge in [-0.05, 0) is 11.6 Å². The Morgan fingerprint density at radius 2 is 1.76 bits per heavy atom. The van der Waals surface area contributed by atoms with Crippen molar-refractivity contribution in [1.82, 2.24) is 4.90 Å². The molecular formula is C14H22FNO. The van der Waals surface area contributed by atoms with Crippen LogP contribution in [0.4, 0.5) is 4.39 Å². The topological polar surface area (TPSA) is 20.3 Å². The highest BCUT2D eigenvalue weighted by atomic mass is 19.1. The normalized spacial score (nSPS) is 11.8. The van der Waals surface area contributed by atoms with Gasteiger partial charge in [-0.2, -0.15) is 0 Å². The average molecular weight is 239 g/mol. The highest BCUT2D eigenvalue weighted by molar-refractivity contribution is 5.74. The number of carbonyl (C=O) groups excluding carboxylic acids is 1. The van der Waals surface area contributed by atoms with Gasteiger partial charge in [0.25, 0.3) is 0 Å². The number of halogens is 1. The van der Waals surface area contributed by atoms with Crippen LogP contribution in [-0.2, 0) is 17.9 Å². The molecule has 1 aliphatic heterocycles. The van der Waals surface area contributed by atoms with E-state index in [4.69, 9.17) is 0 Å². The Hall–Kier alpha value is -1.38. The minimum absolute atomic E-state index is 0.00407. The fourth-order valence-corrected chi connectivity index (χ4v) is 1.60. The third-order valence-electron chi connectivity index (χ3n) is 2.37. The summed E-state index contributed by atoms with van der Waals surface area (Å²) in [5.74, 6) is -0.211. The molecule has 1 amide bonds. The predicted octanol–water partition coefficient (Wildman–Crippen LogP) is 3.74. The lowest BCUT2D eigenvalue weighted by Gasteiger charge is -2.11. The summed E-state index contributed by atoms with van der Waals surface area (Å²) in [7, 11) is 0. The Kier molecular flexibility index (Phi) is 7.19. The highest BCUT2D eigenvalue weighted by Gasteiger charge is 2.22. The SMILES string of the molecule is CC.CC.CC(=O)N1Cc2cccc(F)c2C1. The predicted molar refractivity (Wildman–Crippen MR) is 69.0 cm³/mol. The molecule has 17 heavy (non-hydrogen) atoms. The highest BCUT2D eigenvalue weighted by Crippen LogP contribution is 2.24. The van der Waals surface area contributed by atoms with Crippen molar-refractivity contribution in [2.24, 2.45) is 0 Å². The van der Waals surface area contributed by atoms with Gasteiger partial charge in [0.15, 0.2) is 0 Å². The van der Waals surface area contributed by atoms with Crippen LogP contribution in [0.2, 0.25) is 0 Å². The van der Waals surface area contributed by atoms with Crippen LogP contribution in [0.3, 0.4) is 0 Å². The summed E-state index contributed by atoms with van der Waals surface area (Å²) >= 11 is 0. The third kappa shape index (κ3) is 3.84. The molecule has 0 aromatic heterocycles. The molecule has 1 aromatic rings. The van der Waals surface area contributed by atoms with Crippen LogP contribution in [0, 0.1) is 5.82 Å². The number of fused-ring (bicyclic) bond motifs is 1. The minimum atomic E-state index is -0.207. The first-order valence-corrected chi connectivity index (χ1v) is 6.20. The van der Waals surface area contributed by atoms with Crippen molar-refractivity contribution in [2.45, 2.75) is 47.7 Å². The summed E-state index contributed by atoms with van der Waals surface area (Å²) in [5, 5.41) is 0. The van der Waals surface area contributed by atoms with E-state index in [9.17, 15) is 9.18 Å². The second kappa shape index (κ2) is 7.82. The molecule has 0 unspecified atom stereocenters. The summed E-state index contributed by atoms with van der Waals surface area (Å²) in [6, 6.07) is 4.97. The molecule has 3 heteroatoms. The summed E-state index contributed by atoms with van der Waals surface area (Å²) in [5.41, 5.74) is 1.59. The second-order valence-electron chi connectivity index (χ2n) is 3.25. The van der Waals surface area contributed by atoms with Gasteiger partial charge in [0, 0.05) is 25.6 Å². The number of carbonyl (C=O) groups is 1. The number of hydrogen-bond donors (Lipinski definition) is 0. The standard InChI is InChI=1S/C10H10FNO.2C2H6/c1-7(13)12-5-8-3-2-4-10(11)9(8)6-12;2*1-2/h2-4H,5-6H2,1H3;2*1-2H3. The summed E-state index contributed by atoms with van der Waals surface area (Å²) in [6.07, 6.45) is 0. The van der Waals surface area contributed by atoms with Gasteiger partial charge in [-0.25, -0.2) is 4.39 Å². The van der Waals surface area contributed by atoms with E-state index in [0.29, 0.717) is 18.7 Å². The van der Waals surface area contributed by atoms with Gasteiger partial charge in [-0.3, -0.25) is 4.79 Å². The zero-order chi connectivity index (χ0) is 13.4. The Balaban J connectivity index is 0.000000581. The van der Waals surface area contributed by atoms with Crippen molar-refractivity contribution in [3.05, 3.63) is 35.1 Å². The zero-order valence-corrected chi connectivity index (χ0v) is 11.4. The first-order valence-electron chi connectivity index (χ1n) is 6.20. The van der Waals surface area contributed by atoms with E-state index in [1.54, 1.807) is 11.0 Å². The van der Waals surface area contributed by atoms with E-state index < -0.39 is 0 Å². The van der Waals surface area contributed by atoms with Crippen LogP contribution in [0.5, 0.6) is 0 Å². The molecule has 2 rings (SSSR count). The maximum absolute atomic E-state index is 13.2. The van der Waals surface area contributed by atoms with E-state index in [2.05, 4.69) is 0 Å². The van der Waals surface area contributed by atoms with E-state index in [1.165, 1.54) is 13.0 Å².